The minimum Gasteiger partial charge on any atom is -0.309 e. The first-order chi connectivity index (χ1) is 20.0. The number of hydrogen-bond acceptors (Lipinski definition) is 0. The van der Waals surface area contributed by atoms with Crippen LogP contribution in [0.25, 0.3) is 70.9 Å². The fourth-order valence-electron chi connectivity index (χ4n) is 7.50. The Labute approximate surface area is 237 Å². The molecule has 0 unspecified atom stereocenters. The molecule has 0 N–H and O–H groups in total. The lowest BCUT2D eigenvalue weighted by molar-refractivity contribution is 0.630. The number of para-hydroxylation sites is 2. The van der Waals surface area contributed by atoms with Gasteiger partial charge in [0, 0.05) is 27.0 Å². The summed E-state index contributed by atoms with van der Waals surface area (Å²) in [5, 5.41) is 8.11. The van der Waals surface area contributed by atoms with Crippen molar-refractivity contribution in [3.8, 4) is 16.8 Å². The summed E-state index contributed by atoms with van der Waals surface area (Å²) in [4.78, 5) is 0. The largest absolute Gasteiger partial charge is 0.309 e. The molecule has 0 bridgehead atoms. The van der Waals surface area contributed by atoms with E-state index in [0.29, 0.717) is 5.39 Å². The Kier molecular flexibility index (Phi) is 4.36. The van der Waals surface area contributed by atoms with Crippen LogP contribution in [-0.2, 0) is 5.41 Å². The third-order valence-electron chi connectivity index (χ3n) is 9.39. The van der Waals surface area contributed by atoms with Gasteiger partial charge >= 0.3 is 0 Å². The molecule has 0 saturated carbocycles. The van der Waals surface area contributed by atoms with Crippen LogP contribution in [0.5, 0.6) is 0 Å². The predicted molar refractivity (Wildman–Crippen MR) is 171 cm³/mol. The molecule has 0 saturated heterocycles. The van der Waals surface area contributed by atoms with E-state index >= 15 is 4.39 Å². The van der Waals surface area contributed by atoms with Crippen molar-refractivity contribution in [2.45, 2.75) is 19.3 Å². The van der Waals surface area contributed by atoms with Crippen molar-refractivity contribution in [3.63, 3.8) is 0 Å². The van der Waals surface area contributed by atoms with Crippen LogP contribution >= 0.6 is 0 Å². The van der Waals surface area contributed by atoms with E-state index in [-0.39, 0.29) is 11.2 Å². The number of aromatic nitrogens is 1. The van der Waals surface area contributed by atoms with Crippen LogP contribution in [0.15, 0.2) is 121 Å². The van der Waals surface area contributed by atoms with Gasteiger partial charge in [0.05, 0.1) is 16.7 Å². The van der Waals surface area contributed by atoms with E-state index in [4.69, 9.17) is 0 Å². The van der Waals surface area contributed by atoms with Crippen LogP contribution < -0.4 is 0 Å². The molecule has 0 atom stereocenters. The van der Waals surface area contributed by atoms with Crippen LogP contribution in [0.2, 0.25) is 0 Å². The van der Waals surface area contributed by atoms with Gasteiger partial charge in [-0.25, -0.2) is 4.39 Å². The van der Waals surface area contributed by atoms with Gasteiger partial charge in [-0.2, -0.15) is 0 Å². The molecule has 0 aliphatic carbocycles. The van der Waals surface area contributed by atoms with E-state index in [1.807, 2.05) is 36.4 Å². The summed E-state index contributed by atoms with van der Waals surface area (Å²) in [6.45, 7) is 4.65. The van der Waals surface area contributed by atoms with E-state index in [0.717, 1.165) is 38.1 Å². The molecule has 8 aromatic rings. The summed E-state index contributed by atoms with van der Waals surface area (Å²) >= 11 is 0. The summed E-state index contributed by atoms with van der Waals surface area (Å²) in [6, 6.07) is 42.5. The molecular formula is C39H26FN. The second kappa shape index (κ2) is 7.83. The Morgan fingerprint density at radius 3 is 2.05 bits per heavy atom. The van der Waals surface area contributed by atoms with Gasteiger partial charge in [-0.05, 0) is 74.1 Å². The van der Waals surface area contributed by atoms with Gasteiger partial charge in [0.1, 0.15) is 5.82 Å². The highest BCUT2D eigenvalue weighted by Gasteiger charge is 2.34. The second-order valence-electron chi connectivity index (χ2n) is 11.9. The minimum atomic E-state index is -0.177. The molecule has 2 heterocycles. The van der Waals surface area contributed by atoms with Crippen LogP contribution in [-0.4, -0.2) is 4.57 Å². The average molecular weight is 528 g/mol. The zero-order valence-corrected chi connectivity index (χ0v) is 22.9. The lowest BCUT2D eigenvalue weighted by Gasteiger charge is -2.34. The standard InChI is InChI=1S/C39H26FN/c1-39(2)31-15-7-8-17-35(31)41-34-19-18-25(21-30(34)28-14-9-16-32(39)38(28)41)29-20-23-10-3-6-13-27(23)37-33(40)22-24-11-4-5-12-26(24)36(29)37/h3-22H,1-2H3. The van der Waals surface area contributed by atoms with Crippen molar-refractivity contribution in [1.82, 2.24) is 4.57 Å². The topological polar surface area (TPSA) is 4.93 Å². The quantitative estimate of drug-likeness (QED) is 0.187. The Morgan fingerprint density at radius 2 is 1.22 bits per heavy atom. The zero-order valence-electron chi connectivity index (χ0n) is 22.9. The van der Waals surface area contributed by atoms with Gasteiger partial charge in [-0.15, -0.1) is 0 Å². The normalized spacial score (nSPS) is 13.9. The highest BCUT2D eigenvalue weighted by atomic mass is 19.1. The summed E-state index contributed by atoms with van der Waals surface area (Å²) in [5.74, 6) is -0.177. The molecule has 0 amide bonds. The van der Waals surface area contributed by atoms with Crippen LogP contribution in [0.1, 0.15) is 25.0 Å². The van der Waals surface area contributed by atoms with Gasteiger partial charge in [0.2, 0.25) is 0 Å². The molecule has 9 rings (SSSR count). The van der Waals surface area contributed by atoms with Crippen molar-refractivity contribution in [1.29, 1.82) is 0 Å². The Bertz CT molecular complexity index is 2410. The first-order valence-corrected chi connectivity index (χ1v) is 14.2. The molecule has 1 aliphatic heterocycles. The lowest BCUT2D eigenvalue weighted by atomic mass is 9.75. The molecule has 7 aromatic carbocycles. The molecular weight excluding hydrogens is 501 g/mol. The first kappa shape index (κ1) is 22.8. The van der Waals surface area contributed by atoms with Gasteiger partial charge < -0.3 is 4.57 Å². The lowest BCUT2D eigenvalue weighted by Crippen LogP contribution is -2.26. The summed E-state index contributed by atoms with van der Waals surface area (Å²) in [5.41, 5.74) is 8.45. The SMILES string of the molecule is CC1(C)c2ccccc2-n2c3ccc(-c4cc5ccccc5c5c(F)cc6ccccc6c45)cc3c3cccc1c32. The van der Waals surface area contributed by atoms with Crippen molar-refractivity contribution >= 4 is 54.1 Å². The second-order valence-corrected chi connectivity index (χ2v) is 11.9. The van der Waals surface area contributed by atoms with Crippen molar-refractivity contribution in [3.05, 3.63) is 138 Å². The molecule has 1 nitrogen and oxygen atoms in total. The van der Waals surface area contributed by atoms with Crippen molar-refractivity contribution in [2.24, 2.45) is 0 Å². The van der Waals surface area contributed by atoms with Crippen LogP contribution in [0, 0.1) is 5.82 Å². The molecule has 0 spiro atoms. The van der Waals surface area contributed by atoms with Crippen molar-refractivity contribution < 1.29 is 4.39 Å². The third kappa shape index (κ3) is 2.89. The number of benzene rings is 7. The molecule has 1 aliphatic rings. The van der Waals surface area contributed by atoms with E-state index in [9.17, 15) is 0 Å². The van der Waals surface area contributed by atoms with Gasteiger partial charge in [0.25, 0.3) is 0 Å². The van der Waals surface area contributed by atoms with Gasteiger partial charge in [-0.1, -0.05) is 105 Å². The molecule has 41 heavy (non-hydrogen) atoms. The number of halogens is 1. The summed E-state index contributed by atoms with van der Waals surface area (Å²) in [7, 11) is 0. The van der Waals surface area contributed by atoms with E-state index < -0.39 is 0 Å². The first-order valence-electron chi connectivity index (χ1n) is 14.2. The fraction of sp³-hybridized carbons (Fsp3) is 0.0769. The van der Waals surface area contributed by atoms with E-state index in [1.54, 1.807) is 6.07 Å². The number of hydrogen-bond donors (Lipinski definition) is 0. The van der Waals surface area contributed by atoms with Gasteiger partial charge in [-0.3, -0.25) is 0 Å². The highest BCUT2D eigenvalue weighted by molar-refractivity contribution is 6.24. The monoisotopic (exact) mass is 527 g/mol. The molecule has 0 fully saturated rings. The Morgan fingerprint density at radius 1 is 0.561 bits per heavy atom. The predicted octanol–water partition coefficient (Wildman–Crippen LogP) is 10.7. The van der Waals surface area contributed by atoms with Gasteiger partial charge in [0.15, 0.2) is 0 Å². The van der Waals surface area contributed by atoms with Crippen LogP contribution in [0.3, 0.4) is 0 Å². The Hall–Kier alpha value is -4.95. The molecule has 0 radical (unpaired) electrons. The number of fused-ring (bicyclic) bond motifs is 10. The summed E-state index contributed by atoms with van der Waals surface area (Å²) < 4.78 is 18.4. The fourth-order valence-corrected chi connectivity index (χ4v) is 7.50. The smallest absolute Gasteiger partial charge is 0.132 e. The van der Waals surface area contributed by atoms with E-state index in [1.165, 1.54) is 38.6 Å². The Balaban J connectivity index is 1.44. The number of rotatable bonds is 1. The average Bonchev–Trinajstić information content (AvgIpc) is 3.34. The van der Waals surface area contributed by atoms with Crippen molar-refractivity contribution in [2.75, 3.05) is 0 Å². The summed E-state index contributed by atoms with van der Waals surface area (Å²) in [6.07, 6.45) is 0. The minimum absolute atomic E-state index is 0.103. The third-order valence-corrected chi connectivity index (χ3v) is 9.39. The molecule has 1 aromatic heterocycles. The van der Waals surface area contributed by atoms with E-state index in [2.05, 4.69) is 97.3 Å². The highest BCUT2D eigenvalue weighted by Crippen LogP contribution is 2.48. The number of nitrogens with zero attached hydrogens (tertiary/aromatic N) is 1. The maximum Gasteiger partial charge on any atom is 0.132 e. The maximum atomic E-state index is 15.9. The maximum absolute atomic E-state index is 15.9. The van der Waals surface area contributed by atoms with Crippen LogP contribution in [0.4, 0.5) is 4.39 Å². The zero-order chi connectivity index (χ0) is 27.5. The molecule has 2 heteroatoms. The molecule has 194 valence electrons.